The average molecular weight is 986 g/mol. The van der Waals surface area contributed by atoms with Gasteiger partial charge in [0.05, 0.1) is 40.7 Å². The van der Waals surface area contributed by atoms with Crippen molar-refractivity contribution in [1.29, 1.82) is 0 Å². The summed E-state index contributed by atoms with van der Waals surface area (Å²) in [6.07, 6.45) is 1.60. The molecule has 308 valence electrons. The summed E-state index contributed by atoms with van der Waals surface area (Å²) in [6, 6.07) is 16.2. The Balaban J connectivity index is 0.000000200. The molecule has 0 N–H and O–H groups in total. The van der Waals surface area contributed by atoms with Gasteiger partial charge in [0, 0.05) is 88.1 Å². The number of aromatic nitrogens is 5. The third-order valence-corrected chi connectivity index (χ3v) is 12.7. The summed E-state index contributed by atoms with van der Waals surface area (Å²) in [5.74, 6) is 1.61. The molecule has 2 aromatic carbocycles. The summed E-state index contributed by atoms with van der Waals surface area (Å²) in [4.78, 5) is 45.7. The maximum absolute atomic E-state index is 12.9. The molecule has 0 bridgehead atoms. The van der Waals surface area contributed by atoms with Crippen molar-refractivity contribution in [3.63, 3.8) is 0 Å². The molecule has 7 rings (SSSR count). The van der Waals surface area contributed by atoms with Crippen LogP contribution in [0, 0.1) is 17.5 Å². The first kappa shape index (κ1) is 43.4. The van der Waals surface area contributed by atoms with Crippen molar-refractivity contribution in [3.05, 3.63) is 106 Å². The molecule has 5 heterocycles. The van der Waals surface area contributed by atoms with E-state index in [1.165, 1.54) is 10.6 Å². The van der Waals surface area contributed by atoms with Crippen LogP contribution in [-0.2, 0) is 22.7 Å². The Hall–Kier alpha value is -4.16. The minimum Gasteiger partial charge on any atom is -0.495 e. The molecule has 2 saturated heterocycles. The summed E-state index contributed by atoms with van der Waals surface area (Å²) < 4.78 is 15.9. The number of methoxy groups -OCH3 is 2. The molecule has 5 aromatic rings. The number of piperazine rings is 2. The van der Waals surface area contributed by atoms with Crippen molar-refractivity contribution < 1.29 is 19.1 Å². The second-order valence-electron chi connectivity index (χ2n) is 13.5. The third kappa shape index (κ3) is 9.82. The van der Waals surface area contributed by atoms with E-state index in [1.807, 2.05) is 53.1 Å². The van der Waals surface area contributed by atoms with Crippen LogP contribution in [0.4, 0.5) is 11.4 Å². The Kier molecular flexibility index (Phi) is 14.4. The number of hydrogen-bond acceptors (Lipinski definition) is 9. The Morgan fingerprint density at radius 2 is 1.14 bits per heavy atom. The number of carbonyl (C=O) groups is 2. The zero-order valence-corrected chi connectivity index (χ0v) is 37.5. The van der Waals surface area contributed by atoms with Gasteiger partial charge in [-0.3, -0.25) is 28.3 Å². The summed E-state index contributed by atoms with van der Waals surface area (Å²) >= 11 is 26.8. The maximum atomic E-state index is 12.9. The number of anilines is 2. The second-order valence-corrected chi connectivity index (χ2v) is 16.1. The third-order valence-electron chi connectivity index (χ3n) is 10.1. The van der Waals surface area contributed by atoms with E-state index in [0.717, 1.165) is 33.9 Å². The highest BCUT2D eigenvalue weighted by molar-refractivity contribution is 14.1. The number of halogens is 5. The average Bonchev–Trinajstić information content (AvgIpc) is 3.65. The number of amides is 2. The van der Waals surface area contributed by atoms with E-state index in [9.17, 15) is 14.4 Å². The van der Waals surface area contributed by atoms with Crippen LogP contribution in [0.15, 0.2) is 65.6 Å². The van der Waals surface area contributed by atoms with Crippen LogP contribution in [0.2, 0.25) is 20.1 Å². The number of ether oxygens (including phenoxy) is 2. The first-order valence-electron chi connectivity index (χ1n) is 18.3. The molecule has 0 radical (unpaired) electrons. The van der Waals surface area contributed by atoms with Crippen LogP contribution in [0.25, 0.3) is 5.82 Å². The molecule has 0 saturated carbocycles. The van der Waals surface area contributed by atoms with Crippen LogP contribution in [0.1, 0.15) is 11.4 Å². The van der Waals surface area contributed by atoms with Gasteiger partial charge in [-0.25, -0.2) is 0 Å². The minimum atomic E-state index is -0.236. The molecule has 2 fully saturated rings. The predicted molar refractivity (Wildman–Crippen MR) is 236 cm³/mol. The number of carbonyl (C=O) groups excluding carboxylic acids is 2. The Bertz CT molecular complexity index is 2340. The molecule has 19 heteroatoms. The lowest BCUT2D eigenvalue weighted by Gasteiger charge is -2.36. The van der Waals surface area contributed by atoms with Gasteiger partial charge in [-0.05, 0) is 66.8 Å². The SMILES string of the molecule is COc1cc(N2CCN(C(=O)Cn3nc(-n4ccccc4=O)c(Cl)c3C)CC2)ccc1Cl.COc1cc(N2CCN(C(=O)Cn3nc(I)c(Cl)c3C)CC2)ccc1Cl. The number of benzene rings is 2. The summed E-state index contributed by atoms with van der Waals surface area (Å²) in [6.45, 7) is 9.32. The molecule has 3 aromatic heterocycles. The van der Waals surface area contributed by atoms with Gasteiger partial charge in [-0.1, -0.05) is 52.5 Å². The fourth-order valence-electron chi connectivity index (χ4n) is 6.63. The zero-order chi connectivity index (χ0) is 41.7. The monoisotopic (exact) mass is 983 g/mol. The van der Waals surface area contributed by atoms with Gasteiger partial charge in [-0.15, -0.1) is 0 Å². The molecule has 0 spiro atoms. The molecule has 58 heavy (non-hydrogen) atoms. The van der Waals surface area contributed by atoms with Crippen LogP contribution in [-0.4, -0.2) is 112 Å². The Morgan fingerprint density at radius 1 is 0.672 bits per heavy atom. The topological polar surface area (TPSA) is 123 Å². The molecule has 0 unspecified atom stereocenters. The van der Waals surface area contributed by atoms with E-state index in [-0.39, 0.29) is 30.5 Å². The van der Waals surface area contributed by atoms with Gasteiger partial charge in [0.15, 0.2) is 5.82 Å². The van der Waals surface area contributed by atoms with E-state index >= 15 is 0 Å². The van der Waals surface area contributed by atoms with Gasteiger partial charge in [0.2, 0.25) is 11.8 Å². The van der Waals surface area contributed by atoms with E-state index in [0.29, 0.717) is 82.4 Å². The van der Waals surface area contributed by atoms with Gasteiger partial charge < -0.3 is 29.1 Å². The first-order chi connectivity index (χ1) is 27.8. The van der Waals surface area contributed by atoms with Gasteiger partial charge >= 0.3 is 0 Å². The molecule has 0 atom stereocenters. The van der Waals surface area contributed by atoms with E-state index < -0.39 is 0 Å². The minimum absolute atomic E-state index is 0.0486. The van der Waals surface area contributed by atoms with Crippen LogP contribution in [0.3, 0.4) is 0 Å². The molecular weight excluding hydrogens is 943 g/mol. The molecule has 14 nitrogen and oxygen atoms in total. The fraction of sp³-hybridized carbons (Fsp3) is 0.359. The first-order valence-corrected chi connectivity index (χ1v) is 20.9. The highest BCUT2D eigenvalue weighted by Crippen LogP contribution is 2.31. The van der Waals surface area contributed by atoms with Gasteiger partial charge in [0.25, 0.3) is 5.56 Å². The Morgan fingerprint density at radius 3 is 1.57 bits per heavy atom. The van der Waals surface area contributed by atoms with Crippen molar-refractivity contribution in [1.82, 2.24) is 33.9 Å². The zero-order valence-electron chi connectivity index (χ0n) is 32.3. The lowest BCUT2D eigenvalue weighted by atomic mass is 10.2. The predicted octanol–water partition coefficient (Wildman–Crippen LogP) is 6.47. The van der Waals surface area contributed by atoms with E-state index in [4.69, 9.17) is 55.9 Å². The van der Waals surface area contributed by atoms with Crippen LogP contribution in [0.5, 0.6) is 11.5 Å². The lowest BCUT2D eigenvalue weighted by Crippen LogP contribution is -2.49. The molecule has 2 aliphatic heterocycles. The second kappa shape index (κ2) is 19.3. The van der Waals surface area contributed by atoms with Gasteiger partial charge in [-0.2, -0.15) is 10.2 Å². The number of rotatable bonds is 9. The molecule has 2 aliphatic rings. The number of hydrogen-bond donors (Lipinski definition) is 0. The normalized spacial score (nSPS) is 14.3. The largest absolute Gasteiger partial charge is 0.495 e. The summed E-state index contributed by atoms with van der Waals surface area (Å²) in [5.41, 5.74) is 3.27. The van der Waals surface area contributed by atoms with Crippen molar-refractivity contribution in [2.45, 2.75) is 26.9 Å². The van der Waals surface area contributed by atoms with Crippen molar-refractivity contribution in [3.8, 4) is 17.3 Å². The maximum Gasteiger partial charge on any atom is 0.256 e. The lowest BCUT2D eigenvalue weighted by molar-refractivity contribution is -0.133. The molecule has 2 amide bonds. The standard InChI is InChI=1S/C22H23Cl2N5O3.C17H19Cl2IN4O2/c1-15-21(24)22(28-8-4-3-5-19(28)30)25-29(15)14-20(31)27-11-9-26(10-12-27)16-6-7-17(23)18(13-16)32-2;1-11-16(19)17(20)21-24(11)10-15(25)23-7-5-22(6-8-23)12-3-4-13(18)14(9-12)26-2/h3-8,13H,9-12,14H2,1-2H3;3-4,9H,5-8,10H2,1-2H3. The van der Waals surface area contributed by atoms with Crippen molar-refractivity contribution in [2.75, 3.05) is 76.4 Å². The number of nitrogens with zero attached hydrogens (tertiary/aromatic N) is 9. The fourth-order valence-corrected chi connectivity index (χ4v) is 8.04. The summed E-state index contributed by atoms with van der Waals surface area (Å²) in [7, 11) is 3.19. The van der Waals surface area contributed by atoms with E-state index in [1.54, 1.807) is 48.8 Å². The highest BCUT2D eigenvalue weighted by atomic mass is 127. The molecular formula is C39H42Cl4IN9O5. The molecule has 0 aliphatic carbocycles. The summed E-state index contributed by atoms with van der Waals surface area (Å²) in [5, 5.41) is 10.9. The van der Waals surface area contributed by atoms with Crippen LogP contribution < -0.4 is 24.8 Å². The van der Waals surface area contributed by atoms with Gasteiger partial charge in [0.1, 0.15) is 33.3 Å². The van der Waals surface area contributed by atoms with Crippen molar-refractivity contribution >= 4 is 92.2 Å². The Labute approximate surface area is 369 Å². The smallest absolute Gasteiger partial charge is 0.256 e. The quantitative estimate of drug-likeness (QED) is 0.153. The van der Waals surface area contributed by atoms with E-state index in [2.05, 4.69) is 42.6 Å². The van der Waals surface area contributed by atoms with Crippen molar-refractivity contribution in [2.24, 2.45) is 0 Å². The van der Waals surface area contributed by atoms with Crippen LogP contribution >= 0.6 is 69.0 Å². The highest BCUT2D eigenvalue weighted by Gasteiger charge is 2.26. The number of pyridine rings is 1.